The van der Waals surface area contributed by atoms with Crippen LogP contribution in [0.2, 0.25) is 0 Å². The Bertz CT molecular complexity index is 622. The van der Waals surface area contributed by atoms with E-state index in [9.17, 15) is 10.2 Å². The van der Waals surface area contributed by atoms with Crippen molar-refractivity contribution in [1.29, 1.82) is 0 Å². The third-order valence-corrected chi connectivity index (χ3v) is 2.63. The summed E-state index contributed by atoms with van der Waals surface area (Å²) in [7, 11) is 0. The van der Waals surface area contributed by atoms with Crippen molar-refractivity contribution in [3.05, 3.63) is 66.7 Å². The zero-order chi connectivity index (χ0) is 13.7. The molecule has 96 valence electrons. The zero-order valence-electron chi connectivity index (χ0n) is 10.2. The molecule has 0 aliphatic carbocycles. The molecule has 0 saturated heterocycles. The van der Waals surface area contributed by atoms with Crippen LogP contribution in [0, 0.1) is 0 Å². The lowest BCUT2D eigenvalue weighted by molar-refractivity contribution is 0.475. The van der Waals surface area contributed by atoms with Crippen LogP contribution < -0.4 is 0 Å². The van der Waals surface area contributed by atoms with Crippen LogP contribution in [0.1, 0.15) is 0 Å². The minimum absolute atomic E-state index is 0.198. The SMILES string of the molecule is Oc1cccc2c(O)cccc12.Oc1ccccc1. The van der Waals surface area contributed by atoms with Gasteiger partial charge >= 0.3 is 0 Å². The van der Waals surface area contributed by atoms with Crippen LogP contribution in [0.5, 0.6) is 17.2 Å². The number of phenols is 3. The number of phenolic OH excluding ortho intramolecular Hbond substituents is 3. The van der Waals surface area contributed by atoms with E-state index in [1.165, 1.54) is 0 Å². The van der Waals surface area contributed by atoms with Gasteiger partial charge in [0.2, 0.25) is 0 Å². The van der Waals surface area contributed by atoms with Crippen LogP contribution in [0.3, 0.4) is 0 Å². The standard InChI is InChI=1S/C10H8O2.C6H6O/c11-9-5-1-3-7-8(9)4-2-6-10(7)12;7-6-4-2-1-3-5-6/h1-6,11-12H;1-5,7H. The monoisotopic (exact) mass is 254 g/mol. The normalized spacial score (nSPS) is 9.68. The minimum Gasteiger partial charge on any atom is -0.508 e. The van der Waals surface area contributed by atoms with Crippen molar-refractivity contribution in [2.24, 2.45) is 0 Å². The van der Waals surface area contributed by atoms with Crippen molar-refractivity contribution in [1.82, 2.24) is 0 Å². The van der Waals surface area contributed by atoms with Crippen LogP contribution in [-0.4, -0.2) is 15.3 Å². The highest BCUT2D eigenvalue weighted by Gasteiger charge is 2.00. The summed E-state index contributed by atoms with van der Waals surface area (Å²) in [6.45, 7) is 0. The Morgan fingerprint density at radius 1 is 0.474 bits per heavy atom. The van der Waals surface area contributed by atoms with Crippen LogP contribution in [0.25, 0.3) is 10.8 Å². The molecule has 0 heterocycles. The largest absolute Gasteiger partial charge is 0.508 e. The Kier molecular flexibility index (Phi) is 3.88. The van der Waals surface area contributed by atoms with Gasteiger partial charge in [0.1, 0.15) is 17.2 Å². The maximum atomic E-state index is 9.38. The van der Waals surface area contributed by atoms with Crippen molar-refractivity contribution in [3.8, 4) is 17.2 Å². The van der Waals surface area contributed by atoms with Crippen molar-refractivity contribution < 1.29 is 15.3 Å². The number of aromatic hydroxyl groups is 3. The van der Waals surface area contributed by atoms with E-state index in [0.29, 0.717) is 16.5 Å². The molecule has 3 heteroatoms. The minimum atomic E-state index is 0.198. The molecule has 0 fully saturated rings. The van der Waals surface area contributed by atoms with E-state index in [0.717, 1.165) is 0 Å². The maximum Gasteiger partial charge on any atom is 0.123 e. The van der Waals surface area contributed by atoms with Gasteiger partial charge in [-0.3, -0.25) is 0 Å². The summed E-state index contributed by atoms with van der Waals surface area (Å²) < 4.78 is 0. The first-order chi connectivity index (χ1) is 9.18. The van der Waals surface area contributed by atoms with E-state index in [-0.39, 0.29) is 11.5 Å². The molecule has 0 saturated carbocycles. The molecule has 0 amide bonds. The van der Waals surface area contributed by atoms with Gasteiger partial charge in [0, 0.05) is 10.8 Å². The fraction of sp³-hybridized carbons (Fsp3) is 0. The molecule has 0 radical (unpaired) electrons. The van der Waals surface area contributed by atoms with Crippen molar-refractivity contribution >= 4 is 10.8 Å². The molecule has 0 aliphatic rings. The molecule has 0 unspecified atom stereocenters. The van der Waals surface area contributed by atoms with E-state index in [1.807, 2.05) is 6.07 Å². The Hall–Kier alpha value is -2.68. The molecule has 3 N–H and O–H groups in total. The summed E-state index contributed by atoms with van der Waals surface area (Å²) in [5.41, 5.74) is 0. The van der Waals surface area contributed by atoms with E-state index >= 15 is 0 Å². The van der Waals surface area contributed by atoms with Gasteiger partial charge in [0.25, 0.3) is 0 Å². The lowest BCUT2D eigenvalue weighted by atomic mass is 10.1. The highest BCUT2D eigenvalue weighted by atomic mass is 16.3. The molecule has 3 nitrogen and oxygen atoms in total. The van der Waals surface area contributed by atoms with E-state index < -0.39 is 0 Å². The number of fused-ring (bicyclic) bond motifs is 1. The third-order valence-electron chi connectivity index (χ3n) is 2.63. The lowest BCUT2D eigenvalue weighted by Gasteiger charge is -2.01. The molecule has 0 aromatic heterocycles. The summed E-state index contributed by atoms with van der Waals surface area (Å²) in [6.07, 6.45) is 0. The Morgan fingerprint density at radius 3 is 1.32 bits per heavy atom. The summed E-state index contributed by atoms with van der Waals surface area (Å²) >= 11 is 0. The first kappa shape index (κ1) is 12.8. The van der Waals surface area contributed by atoms with Gasteiger partial charge in [0.05, 0.1) is 0 Å². The molecule has 3 rings (SSSR count). The van der Waals surface area contributed by atoms with Crippen molar-refractivity contribution in [2.45, 2.75) is 0 Å². The highest BCUT2D eigenvalue weighted by molar-refractivity contribution is 5.92. The number of hydrogen-bond acceptors (Lipinski definition) is 3. The van der Waals surface area contributed by atoms with Gasteiger partial charge < -0.3 is 15.3 Å². The molecule has 3 aromatic carbocycles. The Morgan fingerprint density at radius 2 is 0.947 bits per heavy atom. The third kappa shape index (κ3) is 3.16. The molecule has 19 heavy (non-hydrogen) atoms. The first-order valence-electron chi connectivity index (χ1n) is 5.82. The first-order valence-corrected chi connectivity index (χ1v) is 5.82. The van der Waals surface area contributed by atoms with E-state index in [1.54, 1.807) is 60.7 Å². The Labute approximate surface area is 111 Å². The fourth-order valence-corrected chi connectivity index (χ4v) is 1.70. The summed E-state index contributed by atoms with van der Waals surface area (Å²) in [4.78, 5) is 0. The second-order valence-corrected chi connectivity index (χ2v) is 3.98. The van der Waals surface area contributed by atoms with Crippen LogP contribution in [-0.2, 0) is 0 Å². The van der Waals surface area contributed by atoms with E-state index in [4.69, 9.17) is 5.11 Å². The predicted molar refractivity (Wildman–Crippen MR) is 75.4 cm³/mol. The zero-order valence-corrected chi connectivity index (χ0v) is 10.2. The average Bonchev–Trinajstić information content (AvgIpc) is 2.42. The second kappa shape index (κ2) is 5.78. The summed E-state index contributed by atoms with van der Waals surface area (Å²) in [5.74, 6) is 0.717. The van der Waals surface area contributed by atoms with E-state index in [2.05, 4.69) is 0 Å². The molecule has 0 spiro atoms. The van der Waals surface area contributed by atoms with Crippen LogP contribution in [0.15, 0.2) is 66.7 Å². The van der Waals surface area contributed by atoms with Gasteiger partial charge in [-0.2, -0.15) is 0 Å². The topological polar surface area (TPSA) is 60.7 Å². The summed E-state index contributed by atoms with van der Waals surface area (Å²) in [6, 6.07) is 18.9. The highest BCUT2D eigenvalue weighted by Crippen LogP contribution is 2.29. The number of rotatable bonds is 0. The average molecular weight is 254 g/mol. The summed E-state index contributed by atoms with van der Waals surface area (Å²) in [5, 5.41) is 28.8. The number of hydrogen-bond donors (Lipinski definition) is 3. The van der Waals surface area contributed by atoms with Gasteiger partial charge in [-0.1, -0.05) is 42.5 Å². The number of benzene rings is 3. The second-order valence-electron chi connectivity index (χ2n) is 3.98. The lowest BCUT2D eigenvalue weighted by Crippen LogP contribution is -1.73. The van der Waals surface area contributed by atoms with Gasteiger partial charge in [-0.25, -0.2) is 0 Å². The fourth-order valence-electron chi connectivity index (χ4n) is 1.70. The smallest absolute Gasteiger partial charge is 0.123 e. The molecular formula is C16H14O3. The predicted octanol–water partition coefficient (Wildman–Crippen LogP) is 3.64. The molecular weight excluding hydrogens is 240 g/mol. The van der Waals surface area contributed by atoms with Gasteiger partial charge in [-0.15, -0.1) is 0 Å². The Balaban J connectivity index is 0.000000163. The maximum absolute atomic E-state index is 9.38. The van der Waals surface area contributed by atoms with Gasteiger partial charge in [-0.05, 0) is 24.3 Å². The van der Waals surface area contributed by atoms with Crippen LogP contribution >= 0.6 is 0 Å². The van der Waals surface area contributed by atoms with Crippen molar-refractivity contribution in [3.63, 3.8) is 0 Å². The quantitative estimate of drug-likeness (QED) is 0.574. The molecule has 3 aromatic rings. The molecule has 0 atom stereocenters. The molecule has 0 bridgehead atoms. The number of para-hydroxylation sites is 1. The van der Waals surface area contributed by atoms with Crippen LogP contribution in [0.4, 0.5) is 0 Å². The molecule has 0 aliphatic heterocycles. The van der Waals surface area contributed by atoms with Crippen molar-refractivity contribution in [2.75, 3.05) is 0 Å². The van der Waals surface area contributed by atoms with Gasteiger partial charge in [0.15, 0.2) is 0 Å².